The van der Waals surface area contributed by atoms with Crippen molar-refractivity contribution in [2.45, 2.75) is 19.4 Å². The van der Waals surface area contributed by atoms with E-state index in [0.717, 1.165) is 22.7 Å². The van der Waals surface area contributed by atoms with Gasteiger partial charge in [0.15, 0.2) is 5.78 Å². The SMILES string of the molecule is CCOc1ccc(NC(CC(=O)c2ccc(OC)cc2)c2ccc(Cl)cc2)cc1. The van der Waals surface area contributed by atoms with Gasteiger partial charge in [0.1, 0.15) is 11.5 Å². The number of carbonyl (C=O) groups excluding carboxylic acids is 1. The Morgan fingerprint density at radius 1 is 0.931 bits per heavy atom. The van der Waals surface area contributed by atoms with Crippen molar-refractivity contribution >= 4 is 23.1 Å². The minimum absolute atomic E-state index is 0.0473. The van der Waals surface area contributed by atoms with Crippen molar-refractivity contribution in [2.24, 2.45) is 0 Å². The summed E-state index contributed by atoms with van der Waals surface area (Å²) < 4.78 is 10.7. The van der Waals surface area contributed by atoms with Crippen LogP contribution in [0.1, 0.15) is 35.3 Å². The second-order valence-electron chi connectivity index (χ2n) is 6.56. The van der Waals surface area contributed by atoms with Crippen LogP contribution in [0, 0.1) is 0 Å². The number of ether oxygens (including phenoxy) is 2. The van der Waals surface area contributed by atoms with Crippen LogP contribution in [0.4, 0.5) is 5.69 Å². The highest BCUT2D eigenvalue weighted by atomic mass is 35.5. The molecule has 0 bridgehead atoms. The summed E-state index contributed by atoms with van der Waals surface area (Å²) in [5.74, 6) is 1.59. The summed E-state index contributed by atoms with van der Waals surface area (Å²) in [5.41, 5.74) is 2.55. The fourth-order valence-electron chi connectivity index (χ4n) is 3.04. The van der Waals surface area contributed by atoms with Crippen molar-refractivity contribution in [3.8, 4) is 11.5 Å². The number of hydrogen-bond acceptors (Lipinski definition) is 4. The van der Waals surface area contributed by atoms with Gasteiger partial charge < -0.3 is 14.8 Å². The molecule has 5 heteroatoms. The second-order valence-corrected chi connectivity index (χ2v) is 7.00. The number of ketones is 1. The first kappa shape index (κ1) is 20.7. The first-order chi connectivity index (χ1) is 14.1. The predicted molar refractivity (Wildman–Crippen MR) is 117 cm³/mol. The zero-order valence-electron chi connectivity index (χ0n) is 16.5. The van der Waals surface area contributed by atoms with Crippen LogP contribution in [0.15, 0.2) is 72.8 Å². The number of carbonyl (C=O) groups is 1. The van der Waals surface area contributed by atoms with Crippen molar-refractivity contribution in [2.75, 3.05) is 19.0 Å². The van der Waals surface area contributed by atoms with E-state index in [1.165, 1.54) is 0 Å². The smallest absolute Gasteiger partial charge is 0.165 e. The highest BCUT2D eigenvalue weighted by Crippen LogP contribution is 2.27. The van der Waals surface area contributed by atoms with Crippen molar-refractivity contribution < 1.29 is 14.3 Å². The summed E-state index contributed by atoms with van der Waals surface area (Å²) in [6.45, 7) is 2.57. The summed E-state index contributed by atoms with van der Waals surface area (Å²) in [7, 11) is 1.61. The molecule has 0 aliphatic heterocycles. The third-order valence-corrected chi connectivity index (χ3v) is 4.83. The van der Waals surface area contributed by atoms with Gasteiger partial charge in [0, 0.05) is 22.7 Å². The van der Waals surface area contributed by atoms with Crippen molar-refractivity contribution in [3.05, 3.63) is 88.9 Å². The molecule has 0 aliphatic carbocycles. The lowest BCUT2D eigenvalue weighted by molar-refractivity contribution is 0.0976. The van der Waals surface area contributed by atoms with Crippen molar-refractivity contribution in [1.82, 2.24) is 0 Å². The monoisotopic (exact) mass is 409 g/mol. The van der Waals surface area contributed by atoms with Crippen LogP contribution < -0.4 is 14.8 Å². The minimum atomic E-state index is -0.195. The molecule has 29 heavy (non-hydrogen) atoms. The van der Waals surface area contributed by atoms with Crippen LogP contribution in [-0.4, -0.2) is 19.5 Å². The molecule has 1 atom stereocenters. The van der Waals surface area contributed by atoms with Gasteiger partial charge in [0.05, 0.1) is 19.8 Å². The molecule has 0 fully saturated rings. The number of rotatable bonds is 9. The highest BCUT2D eigenvalue weighted by Gasteiger charge is 2.18. The number of nitrogens with one attached hydrogen (secondary N) is 1. The first-order valence-electron chi connectivity index (χ1n) is 9.51. The molecule has 0 radical (unpaired) electrons. The van der Waals surface area contributed by atoms with E-state index in [1.54, 1.807) is 31.4 Å². The van der Waals surface area contributed by atoms with Crippen LogP contribution in [-0.2, 0) is 0 Å². The lowest BCUT2D eigenvalue weighted by Crippen LogP contribution is -2.16. The van der Waals surface area contributed by atoms with Crippen LogP contribution in [0.25, 0.3) is 0 Å². The van der Waals surface area contributed by atoms with E-state index < -0.39 is 0 Å². The Hall–Kier alpha value is -2.98. The molecule has 3 rings (SSSR count). The molecule has 0 saturated heterocycles. The summed E-state index contributed by atoms with van der Waals surface area (Å²) >= 11 is 6.04. The van der Waals surface area contributed by atoms with E-state index >= 15 is 0 Å². The Bertz CT molecular complexity index is 922. The largest absolute Gasteiger partial charge is 0.497 e. The lowest BCUT2D eigenvalue weighted by atomic mass is 9.97. The number of anilines is 1. The minimum Gasteiger partial charge on any atom is -0.497 e. The van der Waals surface area contributed by atoms with E-state index in [0.29, 0.717) is 23.6 Å². The van der Waals surface area contributed by atoms with Gasteiger partial charge in [0.25, 0.3) is 0 Å². The standard InChI is InChI=1S/C24H24ClNO3/c1-3-29-22-14-10-20(11-15-22)26-23(17-4-8-19(25)9-5-17)16-24(27)18-6-12-21(28-2)13-7-18/h4-15,23,26H,3,16H2,1-2H3. The molecule has 0 aromatic heterocycles. The summed E-state index contributed by atoms with van der Waals surface area (Å²) in [5, 5.41) is 4.13. The summed E-state index contributed by atoms with van der Waals surface area (Å²) in [4.78, 5) is 12.9. The van der Waals surface area contributed by atoms with Gasteiger partial charge in [0.2, 0.25) is 0 Å². The number of hydrogen-bond donors (Lipinski definition) is 1. The molecule has 0 heterocycles. The predicted octanol–water partition coefficient (Wildman–Crippen LogP) is 6.17. The Kier molecular flexibility index (Phi) is 7.14. The van der Waals surface area contributed by atoms with Gasteiger partial charge in [-0.1, -0.05) is 23.7 Å². The maximum Gasteiger partial charge on any atom is 0.165 e. The number of Topliss-reactive ketones (excluding diaryl/α,β-unsaturated/α-hetero) is 1. The van der Waals surface area contributed by atoms with Gasteiger partial charge >= 0.3 is 0 Å². The molecular formula is C24H24ClNO3. The quantitative estimate of drug-likeness (QED) is 0.429. The average Bonchev–Trinajstić information content (AvgIpc) is 2.75. The maximum absolute atomic E-state index is 12.9. The van der Waals surface area contributed by atoms with Crippen LogP contribution in [0.3, 0.4) is 0 Å². The average molecular weight is 410 g/mol. The number of halogens is 1. The third kappa shape index (κ3) is 5.75. The molecular weight excluding hydrogens is 386 g/mol. The molecule has 0 spiro atoms. The molecule has 4 nitrogen and oxygen atoms in total. The highest BCUT2D eigenvalue weighted by molar-refractivity contribution is 6.30. The Morgan fingerprint density at radius 2 is 1.55 bits per heavy atom. The second kappa shape index (κ2) is 9.99. The topological polar surface area (TPSA) is 47.6 Å². The molecule has 1 N–H and O–H groups in total. The zero-order valence-corrected chi connectivity index (χ0v) is 17.3. The van der Waals surface area contributed by atoms with Crippen LogP contribution in [0.2, 0.25) is 5.02 Å². The van der Waals surface area contributed by atoms with Gasteiger partial charge in [-0.3, -0.25) is 4.79 Å². The van der Waals surface area contributed by atoms with Crippen molar-refractivity contribution in [1.29, 1.82) is 0 Å². The molecule has 1 unspecified atom stereocenters. The normalized spacial score (nSPS) is 11.6. The van der Waals surface area contributed by atoms with Gasteiger partial charge in [-0.25, -0.2) is 0 Å². The number of benzene rings is 3. The lowest BCUT2D eigenvalue weighted by Gasteiger charge is -2.20. The Balaban J connectivity index is 1.80. The van der Waals surface area contributed by atoms with E-state index in [4.69, 9.17) is 21.1 Å². The first-order valence-corrected chi connectivity index (χ1v) is 9.89. The van der Waals surface area contributed by atoms with E-state index in [-0.39, 0.29) is 11.8 Å². The molecule has 3 aromatic rings. The molecule has 0 amide bonds. The Labute approximate surface area is 176 Å². The van der Waals surface area contributed by atoms with Gasteiger partial charge in [-0.15, -0.1) is 0 Å². The summed E-state index contributed by atoms with van der Waals surface area (Å²) in [6.07, 6.45) is 0.307. The van der Waals surface area contributed by atoms with Gasteiger partial charge in [-0.2, -0.15) is 0 Å². The molecule has 0 aliphatic rings. The summed E-state index contributed by atoms with van der Waals surface area (Å²) in [6, 6.07) is 22.3. The molecule has 3 aromatic carbocycles. The van der Waals surface area contributed by atoms with E-state index in [1.807, 2.05) is 55.5 Å². The van der Waals surface area contributed by atoms with Gasteiger partial charge in [-0.05, 0) is 73.2 Å². The zero-order chi connectivity index (χ0) is 20.6. The maximum atomic E-state index is 12.9. The number of methoxy groups -OCH3 is 1. The fraction of sp³-hybridized carbons (Fsp3) is 0.208. The van der Waals surface area contributed by atoms with E-state index in [9.17, 15) is 4.79 Å². The third-order valence-electron chi connectivity index (χ3n) is 4.58. The van der Waals surface area contributed by atoms with E-state index in [2.05, 4.69) is 5.32 Å². The molecule has 0 saturated carbocycles. The van der Waals surface area contributed by atoms with Crippen LogP contribution >= 0.6 is 11.6 Å². The van der Waals surface area contributed by atoms with Crippen molar-refractivity contribution in [3.63, 3.8) is 0 Å². The van der Waals surface area contributed by atoms with Crippen LogP contribution in [0.5, 0.6) is 11.5 Å². The fourth-order valence-corrected chi connectivity index (χ4v) is 3.17. The molecule has 150 valence electrons. The Morgan fingerprint density at radius 3 is 2.14 bits per heavy atom.